The van der Waals surface area contributed by atoms with Crippen molar-refractivity contribution < 1.29 is 0 Å². The molecule has 54 valence electrons. The van der Waals surface area contributed by atoms with E-state index >= 15 is 0 Å². The molecule has 0 amide bonds. The molecule has 0 unspecified atom stereocenters. The van der Waals surface area contributed by atoms with Crippen molar-refractivity contribution in [2.24, 2.45) is 4.99 Å². The molecule has 2 aliphatic rings. The van der Waals surface area contributed by atoms with E-state index in [2.05, 4.69) is 35.3 Å². The third-order valence-corrected chi connectivity index (χ3v) is 2.01. The largest absolute Gasteiger partial charge is 0.344 e. The Balaban J connectivity index is 0.000000480. The normalized spacial score (nSPS) is 14.7. The topological polar surface area (TPSA) is 47.4 Å². The second kappa shape index (κ2) is 1.80. The van der Waals surface area contributed by atoms with Crippen molar-refractivity contribution in [3.8, 4) is 0 Å². The van der Waals surface area contributed by atoms with Gasteiger partial charge in [0.25, 0.3) is 0 Å². The zero-order valence-electron chi connectivity index (χ0n) is 6.04. The van der Waals surface area contributed by atoms with Crippen LogP contribution in [0, 0.1) is 0 Å². The van der Waals surface area contributed by atoms with Crippen LogP contribution in [0.15, 0.2) is 29.3 Å². The van der Waals surface area contributed by atoms with Crippen LogP contribution in [0.3, 0.4) is 0 Å². The van der Waals surface area contributed by atoms with E-state index < -0.39 is 0 Å². The highest BCUT2D eigenvalue weighted by Crippen LogP contribution is 2.36. The second-order valence-electron chi connectivity index (χ2n) is 2.57. The van der Waals surface area contributed by atoms with Crippen LogP contribution in [0.5, 0.6) is 0 Å². The van der Waals surface area contributed by atoms with Gasteiger partial charge in [-0.1, -0.05) is 12.1 Å². The number of aliphatic imine (C=N–C) groups is 1. The van der Waals surface area contributed by atoms with Crippen LogP contribution in [-0.4, -0.2) is 5.71 Å². The maximum atomic E-state index is 4.37. The number of allylic oxidation sites excluding steroid dienone is 1. The maximum absolute atomic E-state index is 4.37. The quantitative estimate of drug-likeness (QED) is 0.596. The molecule has 0 fully saturated rings. The SMILES string of the molecule is C1=Cc2c3cccc2C1=N3.N. The Morgan fingerprint density at radius 2 is 2.00 bits per heavy atom. The Bertz CT molecular complexity index is 375. The van der Waals surface area contributed by atoms with Gasteiger partial charge >= 0.3 is 0 Å². The van der Waals surface area contributed by atoms with Crippen molar-refractivity contribution in [3.05, 3.63) is 35.4 Å². The van der Waals surface area contributed by atoms with E-state index in [1.165, 1.54) is 11.1 Å². The summed E-state index contributed by atoms with van der Waals surface area (Å²) >= 11 is 0. The van der Waals surface area contributed by atoms with Gasteiger partial charge in [0, 0.05) is 11.1 Å². The average Bonchev–Trinajstić information content (AvgIpc) is 2.44. The van der Waals surface area contributed by atoms with E-state index in [1.54, 1.807) is 0 Å². The number of hydrogen-bond donors (Lipinski definition) is 1. The Hall–Kier alpha value is -1.41. The lowest BCUT2D eigenvalue weighted by Crippen LogP contribution is -1.84. The zero-order valence-corrected chi connectivity index (χ0v) is 6.04. The smallest absolute Gasteiger partial charge is 0.0716 e. The van der Waals surface area contributed by atoms with Gasteiger partial charge in [0.05, 0.1) is 11.4 Å². The Morgan fingerprint density at radius 1 is 1.09 bits per heavy atom. The van der Waals surface area contributed by atoms with Crippen molar-refractivity contribution in [2.75, 3.05) is 0 Å². The molecule has 0 saturated carbocycles. The monoisotopic (exact) mass is 144 g/mol. The minimum absolute atomic E-state index is 0. The standard InChI is InChI=1S/C9H5N.H3N/c1-2-6-7-4-5-9(6)10-8(7)3-1;/h1-5H;1H3. The highest BCUT2D eigenvalue weighted by molar-refractivity contribution is 6.22. The van der Waals surface area contributed by atoms with Gasteiger partial charge in [0.1, 0.15) is 0 Å². The fraction of sp³-hybridized carbons (Fsp3) is 0. The minimum Gasteiger partial charge on any atom is -0.344 e. The molecule has 0 radical (unpaired) electrons. The van der Waals surface area contributed by atoms with Crippen LogP contribution < -0.4 is 6.15 Å². The Morgan fingerprint density at radius 3 is 2.73 bits per heavy atom. The highest BCUT2D eigenvalue weighted by Gasteiger charge is 2.20. The number of hydrogen-bond acceptors (Lipinski definition) is 2. The second-order valence-corrected chi connectivity index (χ2v) is 2.57. The van der Waals surface area contributed by atoms with E-state index in [0.29, 0.717) is 0 Å². The molecule has 0 saturated heterocycles. The molecule has 0 aromatic heterocycles. The van der Waals surface area contributed by atoms with Crippen molar-refractivity contribution >= 4 is 17.5 Å². The van der Waals surface area contributed by atoms with E-state index in [1.807, 2.05) is 0 Å². The van der Waals surface area contributed by atoms with Crippen LogP contribution in [0.1, 0.15) is 11.1 Å². The van der Waals surface area contributed by atoms with Gasteiger partial charge in [-0.3, -0.25) is 0 Å². The summed E-state index contributed by atoms with van der Waals surface area (Å²) in [5, 5.41) is 0. The van der Waals surface area contributed by atoms with Gasteiger partial charge in [-0.2, -0.15) is 0 Å². The maximum Gasteiger partial charge on any atom is 0.0716 e. The summed E-state index contributed by atoms with van der Waals surface area (Å²) in [6, 6.07) is 6.22. The van der Waals surface area contributed by atoms with Gasteiger partial charge in [-0.25, -0.2) is 4.99 Å². The van der Waals surface area contributed by atoms with E-state index in [-0.39, 0.29) is 6.15 Å². The predicted molar refractivity (Wildman–Crippen MR) is 46.7 cm³/mol. The van der Waals surface area contributed by atoms with Crippen LogP contribution in [-0.2, 0) is 0 Å². The van der Waals surface area contributed by atoms with Gasteiger partial charge in [-0.05, 0) is 18.2 Å². The molecule has 3 N–H and O–H groups in total. The van der Waals surface area contributed by atoms with Crippen molar-refractivity contribution in [3.63, 3.8) is 0 Å². The summed E-state index contributed by atoms with van der Waals surface area (Å²) in [7, 11) is 0. The van der Waals surface area contributed by atoms with Gasteiger partial charge in [-0.15, -0.1) is 0 Å². The third kappa shape index (κ3) is 0.570. The lowest BCUT2D eigenvalue weighted by atomic mass is 10.1. The molecule has 1 aliphatic carbocycles. The lowest BCUT2D eigenvalue weighted by molar-refractivity contribution is 1.56. The van der Waals surface area contributed by atoms with Crippen LogP contribution in [0.4, 0.5) is 5.69 Å². The molecular weight excluding hydrogens is 136 g/mol. The number of nitrogens with zero attached hydrogens (tertiary/aromatic N) is 1. The van der Waals surface area contributed by atoms with Gasteiger partial charge in [0.2, 0.25) is 0 Å². The van der Waals surface area contributed by atoms with Crippen LogP contribution in [0.25, 0.3) is 6.08 Å². The van der Waals surface area contributed by atoms with Gasteiger partial charge in [0.15, 0.2) is 0 Å². The summed E-state index contributed by atoms with van der Waals surface area (Å²) in [5.41, 5.74) is 4.88. The van der Waals surface area contributed by atoms with E-state index in [0.717, 1.165) is 11.4 Å². The summed E-state index contributed by atoms with van der Waals surface area (Å²) in [5.74, 6) is 0. The lowest BCUT2D eigenvalue weighted by Gasteiger charge is -1.91. The first-order chi connectivity index (χ1) is 4.95. The molecule has 1 aromatic rings. The molecule has 0 atom stereocenters. The summed E-state index contributed by atoms with van der Waals surface area (Å²) in [6.07, 6.45) is 4.20. The summed E-state index contributed by atoms with van der Waals surface area (Å²) in [4.78, 5) is 4.37. The summed E-state index contributed by atoms with van der Waals surface area (Å²) < 4.78 is 0. The molecule has 4 bridgehead atoms. The predicted octanol–water partition coefficient (Wildman–Crippen LogP) is 2.31. The summed E-state index contributed by atoms with van der Waals surface area (Å²) in [6.45, 7) is 0. The molecular formula is C9H8N2. The van der Waals surface area contributed by atoms with Crippen LogP contribution in [0.2, 0.25) is 0 Å². The van der Waals surface area contributed by atoms with Gasteiger partial charge < -0.3 is 6.15 Å². The van der Waals surface area contributed by atoms with E-state index in [4.69, 9.17) is 0 Å². The van der Waals surface area contributed by atoms with Crippen molar-refractivity contribution in [1.82, 2.24) is 6.15 Å². The van der Waals surface area contributed by atoms with Crippen LogP contribution >= 0.6 is 0 Å². The average molecular weight is 144 g/mol. The minimum atomic E-state index is 0. The Labute approximate surface area is 64.9 Å². The fourth-order valence-corrected chi connectivity index (χ4v) is 1.53. The number of rotatable bonds is 0. The first kappa shape index (κ1) is 6.31. The van der Waals surface area contributed by atoms with Crippen molar-refractivity contribution in [2.45, 2.75) is 0 Å². The first-order valence-electron chi connectivity index (χ1n) is 3.35. The fourth-order valence-electron chi connectivity index (χ4n) is 1.53. The molecule has 11 heavy (non-hydrogen) atoms. The number of benzene rings is 1. The highest BCUT2D eigenvalue weighted by atomic mass is 14.8. The van der Waals surface area contributed by atoms with E-state index in [9.17, 15) is 0 Å². The molecule has 1 heterocycles. The van der Waals surface area contributed by atoms with Crippen molar-refractivity contribution in [1.29, 1.82) is 0 Å². The molecule has 2 heteroatoms. The Kier molecular flexibility index (Phi) is 1.03. The molecule has 1 aromatic carbocycles. The molecule has 1 aliphatic heterocycles. The molecule has 0 spiro atoms. The zero-order chi connectivity index (χ0) is 6.55. The molecule has 3 rings (SSSR count). The third-order valence-electron chi connectivity index (χ3n) is 2.01. The molecule has 2 nitrogen and oxygen atoms in total. The first-order valence-corrected chi connectivity index (χ1v) is 3.35.